The number of aromatic nitrogens is 3. The minimum atomic E-state index is -2.93. The van der Waals surface area contributed by atoms with E-state index >= 15 is 0 Å². The van der Waals surface area contributed by atoms with Gasteiger partial charge in [0.05, 0.1) is 17.0 Å². The Morgan fingerprint density at radius 3 is 2.86 bits per heavy atom. The molecule has 21 heavy (non-hydrogen) atoms. The van der Waals surface area contributed by atoms with Crippen molar-refractivity contribution in [2.24, 2.45) is 0 Å². The van der Waals surface area contributed by atoms with Gasteiger partial charge in [0.15, 0.2) is 15.5 Å². The van der Waals surface area contributed by atoms with Crippen molar-refractivity contribution < 1.29 is 8.42 Å². The van der Waals surface area contributed by atoms with Gasteiger partial charge in [-0.1, -0.05) is 0 Å². The zero-order valence-electron chi connectivity index (χ0n) is 12.1. The molecule has 0 aliphatic carbocycles. The van der Waals surface area contributed by atoms with Gasteiger partial charge in [0.25, 0.3) is 0 Å². The maximum Gasteiger partial charge on any atom is 0.179 e. The lowest BCUT2D eigenvalue weighted by atomic mass is 10.2. The lowest BCUT2D eigenvalue weighted by Crippen LogP contribution is -2.46. The highest BCUT2D eigenvalue weighted by molar-refractivity contribution is 7.91. The first-order valence-corrected chi connectivity index (χ1v) is 8.72. The number of nitrogens with zero attached hydrogens (tertiary/aromatic N) is 3. The summed E-state index contributed by atoms with van der Waals surface area (Å²) in [4.78, 5) is 14.1. The summed E-state index contributed by atoms with van der Waals surface area (Å²) in [7, 11) is 0.932. The van der Waals surface area contributed by atoms with Crippen molar-refractivity contribution in [2.75, 3.05) is 37.0 Å². The third kappa shape index (κ3) is 3.16. The van der Waals surface area contributed by atoms with Gasteiger partial charge in [0.2, 0.25) is 0 Å². The molecule has 2 N–H and O–H groups in total. The topological polar surface area (TPSA) is 91.0 Å². The van der Waals surface area contributed by atoms with Crippen LogP contribution in [0, 0.1) is 0 Å². The molecule has 0 aromatic carbocycles. The average Bonchev–Trinajstić information content (AvgIpc) is 2.78. The molecule has 7 nitrogen and oxygen atoms in total. The molecular formula is C13H19N5O2S. The minimum absolute atomic E-state index is 0.0855. The molecule has 3 heterocycles. The van der Waals surface area contributed by atoms with Crippen molar-refractivity contribution >= 4 is 26.8 Å². The second kappa shape index (κ2) is 5.27. The Balaban J connectivity index is 1.81. The molecule has 0 spiro atoms. The summed E-state index contributed by atoms with van der Waals surface area (Å²) in [6.07, 6.45) is 0.562. The summed E-state index contributed by atoms with van der Waals surface area (Å²) in [6.45, 7) is 0.510. The highest BCUT2D eigenvalue weighted by atomic mass is 32.2. The molecule has 1 aliphatic rings. The Labute approximate surface area is 123 Å². The number of fused-ring (bicyclic) bond motifs is 1. The highest BCUT2D eigenvalue weighted by Crippen LogP contribution is 2.16. The first kappa shape index (κ1) is 14.3. The van der Waals surface area contributed by atoms with E-state index in [2.05, 4.69) is 20.3 Å². The molecule has 2 aromatic rings. The van der Waals surface area contributed by atoms with E-state index in [1.165, 1.54) is 0 Å². The normalized spacial score (nSPS) is 21.5. The fourth-order valence-corrected chi connectivity index (χ4v) is 3.95. The van der Waals surface area contributed by atoms with Gasteiger partial charge in [-0.3, -0.25) is 0 Å². The Bertz CT molecular complexity index is 753. The minimum Gasteiger partial charge on any atom is -0.363 e. The van der Waals surface area contributed by atoms with Crippen LogP contribution in [0.3, 0.4) is 0 Å². The molecule has 0 amide bonds. The number of imidazole rings is 1. The molecule has 114 valence electrons. The number of H-pyrrole nitrogens is 1. The van der Waals surface area contributed by atoms with Crippen LogP contribution in [0.5, 0.6) is 0 Å². The largest absolute Gasteiger partial charge is 0.363 e. The molecule has 1 saturated heterocycles. The molecular weight excluding hydrogens is 290 g/mol. The van der Waals surface area contributed by atoms with Crippen LogP contribution in [-0.2, 0) is 16.3 Å². The van der Waals surface area contributed by atoms with Gasteiger partial charge in [-0.15, -0.1) is 0 Å². The Morgan fingerprint density at radius 2 is 2.14 bits per heavy atom. The van der Waals surface area contributed by atoms with Crippen molar-refractivity contribution in [1.29, 1.82) is 0 Å². The lowest BCUT2D eigenvalue weighted by Gasteiger charge is -2.22. The van der Waals surface area contributed by atoms with E-state index in [9.17, 15) is 8.42 Å². The van der Waals surface area contributed by atoms with Gasteiger partial charge in [-0.05, 0) is 12.1 Å². The van der Waals surface area contributed by atoms with Crippen molar-refractivity contribution in [3.8, 4) is 0 Å². The van der Waals surface area contributed by atoms with Crippen molar-refractivity contribution in [3.63, 3.8) is 0 Å². The smallest absolute Gasteiger partial charge is 0.179 e. The van der Waals surface area contributed by atoms with Crippen molar-refractivity contribution in [2.45, 2.75) is 12.5 Å². The Morgan fingerprint density at radius 1 is 1.33 bits per heavy atom. The summed E-state index contributed by atoms with van der Waals surface area (Å²) >= 11 is 0. The number of sulfone groups is 1. The molecule has 1 atom stereocenters. The number of hydrogen-bond donors (Lipinski definition) is 2. The van der Waals surface area contributed by atoms with Crippen LogP contribution in [0.4, 0.5) is 5.82 Å². The molecule has 0 radical (unpaired) electrons. The predicted molar refractivity (Wildman–Crippen MR) is 82.4 cm³/mol. The number of nitrogens with one attached hydrogen (secondary N) is 2. The fourth-order valence-electron chi connectivity index (χ4n) is 2.51. The number of pyridine rings is 1. The van der Waals surface area contributed by atoms with Crippen LogP contribution in [0.2, 0.25) is 0 Å². The second-order valence-corrected chi connectivity index (χ2v) is 7.82. The maximum absolute atomic E-state index is 11.7. The highest BCUT2D eigenvalue weighted by Gasteiger charge is 2.25. The van der Waals surface area contributed by atoms with Crippen molar-refractivity contribution in [1.82, 2.24) is 20.3 Å². The van der Waals surface area contributed by atoms with E-state index < -0.39 is 9.84 Å². The van der Waals surface area contributed by atoms with E-state index in [-0.39, 0.29) is 17.5 Å². The lowest BCUT2D eigenvalue weighted by molar-refractivity contribution is 0.510. The quantitative estimate of drug-likeness (QED) is 0.826. The summed E-state index contributed by atoms with van der Waals surface area (Å²) in [5.41, 5.74) is 1.53. The first-order chi connectivity index (χ1) is 9.93. The molecule has 2 aromatic heterocycles. The molecule has 1 aliphatic heterocycles. The van der Waals surface area contributed by atoms with E-state index in [1.807, 2.05) is 31.1 Å². The average molecular weight is 309 g/mol. The number of aromatic amines is 1. The van der Waals surface area contributed by atoms with Crippen LogP contribution >= 0.6 is 0 Å². The van der Waals surface area contributed by atoms with Gasteiger partial charge in [0, 0.05) is 33.1 Å². The Hall–Kier alpha value is -1.67. The van der Waals surface area contributed by atoms with Crippen LogP contribution < -0.4 is 10.2 Å². The summed E-state index contributed by atoms with van der Waals surface area (Å²) in [5, 5.41) is 3.23. The third-order valence-corrected chi connectivity index (χ3v) is 5.32. The molecule has 1 unspecified atom stereocenters. The second-order valence-electron chi connectivity index (χ2n) is 5.59. The van der Waals surface area contributed by atoms with Gasteiger partial charge >= 0.3 is 0 Å². The van der Waals surface area contributed by atoms with Gasteiger partial charge in [-0.2, -0.15) is 0 Å². The number of hydrogen-bond acceptors (Lipinski definition) is 6. The monoisotopic (exact) mass is 309 g/mol. The summed E-state index contributed by atoms with van der Waals surface area (Å²) in [6, 6.07) is 3.78. The van der Waals surface area contributed by atoms with E-state index in [1.54, 1.807) is 0 Å². The van der Waals surface area contributed by atoms with Crippen LogP contribution in [0.1, 0.15) is 5.82 Å². The summed E-state index contributed by atoms with van der Waals surface area (Å²) < 4.78 is 23.3. The van der Waals surface area contributed by atoms with E-state index in [0.717, 1.165) is 17.2 Å². The van der Waals surface area contributed by atoms with Gasteiger partial charge in [0.1, 0.15) is 11.6 Å². The third-order valence-electron chi connectivity index (χ3n) is 3.58. The van der Waals surface area contributed by atoms with Gasteiger partial charge in [-0.25, -0.2) is 18.4 Å². The fraction of sp³-hybridized carbons (Fsp3) is 0.538. The predicted octanol–water partition coefficient (Wildman–Crippen LogP) is -0.0470. The molecule has 0 saturated carbocycles. The molecule has 1 fully saturated rings. The van der Waals surface area contributed by atoms with Crippen LogP contribution in [-0.4, -0.2) is 61.6 Å². The summed E-state index contributed by atoms with van der Waals surface area (Å²) in [5.74, 6) is 2.00. The van der Waals surface area contributed by atoms with E-state index in [0.29, 0.717) is 18.6 Å². The molecule has 0 bridgehead atoms. The van der Waals surface area contributed by atoms with Gasteiger partial charge < -0.3 is 15.2 Å². The van der Waals surface area contributed by atoms with E-state index in [4.69, 9.17) is 0 Å². The SMILES string of the molecule is CN(C)c1ccc2[nH]c(CC3CS(=O)(=O)CCN3)nc2n1. The number of rotatable bonds is 3. The molecule has 3 rings (SSSR count). The van der Waals surface area contributed by atoms with Crippen LogP contribution in [0.15, 0.2) is 12.1 Å². The van der Waals surface area contributed by atoms with Crippen molar-refractivity contribution in [3.05, 3.63) is 18.0 Å². The zero-order chi connectivity index (χ0) is 15.0. The van der Waals surface area contributed by atoms with Crippen LogP contribution in [0.25, 0.3) is 11.2 Å². The number of anilines is 1. The first-order valence-electron chi connectivity index (χ1n) is 6.90. The zero-order valence-corrected chi connectivity index (χ0v) is 12.9. The Kier molecular flexibility index (Phi) is 3.58. The maximum atomic E-state index is 11.7. The standard InChI is InChI=1S/C13H19N5O2S/c1-18(2)12-4-3-10-13(17-12)16-11(15-10)7-9-8-21(19,20)6-5-14-9/h3-4,9,14H,5-8H2,1-2H3,(H,15,16,17). The molecule has 8 heteroatoms.